The Hall–Kier alpha value is -0.930. The summed E-state index contributed by atoms with van der Waals surface area (Å²) in [5.74, 6) is 0.437. The summed E-state index contributed by atoms with van der Waals surface area (Å²) in [6, 6.07) is 6.98. The first-order valence-electron chi connectivity index (χ1n) is 6.29. The molecule has 0 aliphatic carbocycles. The Morgan fingerprint density at radius 1 is 1.35 bits per heavy atom. The van der Waals surface area contributed by atoms with Gasteiger partial charge in [-0.1, -0.05) is 31.5 Å². The highest BCUT2D eigenvalue weighted by Crippen LogP contribution is 2.08. The molecule has 17 heavy (non-hydrogen) atoms. The van der Waals surface area contributed by atoms with Crippen LogP contribution in [0, 0.1) is 11.7 Å². The van der Waals surface area contributed by atoms with Crippen LogP contribution < -0.4 is 5.73 Å². The molecule has 0 fully saturated rings. The normalized spacial score (nSPS) is 13.0. The molecule has 1 atom stereocenters. The summed E-state index contributed by atoms with van der Waals surface area (Å²) in [6.07, 6.45) is 1.85. The third-order valence-corrected chi connectivity index (χ3v) is 3.20. The van der Waals surface area contributed by atoms with Gasteiger partial charge in [-0.15, -0.1) is 0 Å². The average molecular weight is 238 g/mol. The lowest BCUT2D eigenvalue weighted by Crippen LogP contribution is -2.31. The minimum absolute atomic E-state index is 0.105. The maximum atomic E-state index is 13.4. The van der Waals surface area contributed by atoms with Crippen LogP contribution in [0.25, 0.3) is 0 Å². The molecular weight excluding hydrogens is 215 g/mol. The van der Waals surface area contributed by atoms with Gasteiger partial charge in [0.1, 0.15) is 5.82 Å². The van der Waals surface area contributed by atoms with E-state index >= 15 is 0 Å². The van der Waals surface area contributed by atoms with Crippen LogP contribution >= 0.6 is 0 Å². The second-order valence-electron chi connectivity index (χ2n) is 4.61. The summed E-state index contributed by atoms with van der Waals surface area (Å²) in [7, 11) is 2.07. The first-order chi connectivity index (χ1) is 8.17. The lowest BCUT2D eigenvalue weighted by atomic mass is 10.1. The summed E-state index contributed by atoms with van der Waals surface area (Å²) in [6.45, 7) is 4.74. The van der Waals surface area contributed by atoms with Crippen LogP contribution in [0.4, 0.5) is 4.39 Å². The van der Waals surface area contributed by atoms with Crippen LogP contribution in [-0.4, -0.2) is 31.6 Å². The van der Waals surface area contributed by atoms with Gasteiger partial charge < -0.3 is 10.6 Å². The number of benzene rings is 1. The van der Waals surface area contributed by atoms with Gasteiger partial charge in [-0.05, 0) is 37.6 Å². The fourth-order valence-corrected chi connectivity index (χ4v) is 1.91. The van der Waals surface area contributed by atoms with Crippen molar-refractivity contribution in [2.75, 3.05) is 26.7 Å². The Labute approximate surface area is 104 Å². The molecule has 3 heteroatoms. The van der Waals surface area contributed by atoms with Crippen LogP contribution in [0.5, 0.6) is 0 Å². The molecule has 2 nitrogen and oxygen atoms in total. The van der Waals surface area contributed by atoms with E-state index in [4.69, 9.17) is 5.73 Å². The van der Waals surface area contributed by atoms with Crippen LogP contribution in [0.2, 0.25) is 0 Å². The second kappa shape index (κ2) is 7.41. The number of rotatable bonds is 7. The predicted molar refractivity (Wildman–Crippen MR) is 70.4 cm³/mol. The van der Waals surface area contributed by atoms with Gasteiger partial charge in [0, 0.05) is 13.1 Å². The van der Waals surface area contributed by atoms with Gasteiger partial charge in [0.15, 0.2) is 0 Å². The largest absolute Gasteiger partial charge is 0.330 e. The average Bonchev–Trinajstić information content (AvgIpc) is 2.35. The molecule has 0 radical (unpaired) electrons. The Morgan fingerprint density at radius 3 is 2.65 bits per heavy atom. The molecule has 0 aliphatic heterocycles. The van der Waals surface area contributed by atoms with Gasteiger partial charge in [0.2, 0.25) is 0 Å². The molecule has 0 bridgehead atoms. The van der Waals surface area contributed by atoms with Crippen molar-refractivity contribution in [2.45, 2.75) is 19.8 Å². The van der Waals surface area contributed by atoms with Crippen molar-refractivity contribution in [3.05, 3.63) is 35.6 Å². The van der Waals surface area contributed by atoms with Crippen molar-refractivity contribution in [1.82, 2.24) is 4.90 Å². The summed E-state index contributed by atoms with van der Waals surface area (Å²) in [5.41, 5.74) is 6.47. The zero-order valence-electron chi connectivity index (χ0n) is 10.8. The topological polar surface area (TPSA) is 29.3 Å². The van der Waals surface area contributed by atoms with Crippen molar-refractivity contribution in [3.8, 4) is 0 Å². The SMILES string of the molecule is CCC(CN)CN(C)CCc1ccccc1F. The highest BCUT2D eigenvalue weighted by atomic mass is 19.1. The Bertz CT molecular complexity index is 324. The molecule has 1 unspecified atom stereocenters. The van der Waals surface area contributed by atoms with Crippen LogP contribution in [0.15, 0.2) is 24.3 Å². The van der Waals surface area contributed by atoms with Gasteiger partial charge in [-0.25, -0.2) is 4.39 Å². The van der Waals surface area contributed by atoms with Gasteiger partial charge in [-0.2, -0.15) is 0 Å². The van der Waals surface area contributed by atoms with E-state index in [1.165, 1.54) is 6.07 Å². The quantitative estimate of drug-likeness (QED) is 0.789. The van der Waals surface area contributed by atoms with Crippen molar-refractivity contribution in [2.24, 2.45) is 11.7 Å². The maximum absolute atomic E-state index is 13.4. The third kappa shape index (κ3) is 4.84. The highest BCUT2D eigenvalue weighted by molar-refractivity contribution is 5.17. The zero-order chi connectivity index (χ0) is 12.7. The van der Waals surface area contributed by atoms with E-state index in [1.54, 1.807) is 6.07 Å². The molecule has 0 aromatic heterocycles. The van der Waals surface area contributed by atoms with E-state index < -0.39 is 0 Å². The molecule has 0 heterocycles. The first-order valence-corrected chi connectivity index (χ1v) is 6.29. The first kappa shape index (κ1) is 14.1. The number of hydrogen-bond donors (Lipinski definition) is 1. The molecule has 0 aliphatic rings. The van der Waals surface area contributed by atoms with Gasteiger partial charge >= 0.3 is 0 Å². The van der Waals surface area contributed by atoms with E-state index in [0.717, 1.165) is 38.0 Å². The van der Waals surface area contributed by atoms with Gasteiger partial charge in [-0.3, -0.25) is 0 Å². The Kier molecular flexibility index (Phi) is 6.16. The van der Waals surface area contributed by atoms with E-state index in [0.29, 0.717) is 5.92 Å². The molecule has 0 spiro atoms. The minimum Gasteiger partial charge on any atom is -0.330 e. The standard InChI is InChI=1S/C14H23FN2/c1-3-12(10-16)11-17(2)9-8-13-6-4-5-7-14(13)15/h4-7,12H,3,8-11,16H2,1-2H3. The van der Waals surface area contributed by atoms with E-state index in [2.05, 4.69) is 18.9 Å². The number of nitrogens with two attached hydrogens (primary N) is 1. The Morgan fingerprint density at radius 2 is 2.06 bits per heavy atom. The van der Waals surface area contributed by atoms with Gasteiger partial charge in [0.25, 0.3) is 0 Å². The van der Waals surface area contributed by atoms with Crippen LogP contribution in [-0.2, 0) is 6.42 Å². The molecule has 1 aromatic rings. The predicted octanol–water partition coefficient (Wildman–Crippen LogP) is 2.28. The molecule has 1 rings (SSSR count). The molecule has 2 N–H and O–H groups in total. The van der Waals surface area contributed by atoms with E-state index in [1.807, 2.05) is 12.1 Å². The molecule has 96 valence electrons. The second-order valence-corrected chi connectivity index (χ2v) is 4.61. The molecular formula is C14H23FN2. The third-order valence-electron chi connectivity index (χ3n) is 3.20. The number of likely N-dealkylation sites (N-methyl/N-ethyl adjacent to an activating group) is 1. The van der Waals surface area contributed by atoms with Gasteiger partial charge in [0.05, 0.1) is 0 Å². The van der Waals surface area contributed by atoms with Crippen molar-refractivity contribution in [3.63, 3.8) is 0 Å². The summed E-state index contributed by atoms with van der Waals surface area (Å²) < 4.78 is 13.4. The molecule has 0 saturated carbocycles. The number of nitrogens with zero attached hydrogens (tertiary/aromatic N) is 1. The highest BCUT2D eigenvalue weighted by Gasteiger charge is 2.08. The lowest BCUT2D eigenvalue weighted by molar-refractivity contribution is 0.277. The monoisotopic (exact) mass is 238 g/mol. The maximum Gasteiger partial charge on any atom is 0.126 e. The van der Waals surface area contributed by atoms with Crippen molar-refractivity contribution >= 4 is 0 Å². The van der Waals surface area contributed by atoms with Crippen LogP contribution in [0.3, 0.4) is 0 Å². The lowest BCUT2D eigenvalue weighted by Gasteiger charge is -2.22. The molecule has 0 amide bonds. The summed E-state index contributed by atoms with van der Waals surface area (Å²) in [5, 5.41) is 0. The fourth-order valence-electron chi connectivity index (χ4n) is 1.91. The smallest absolute Gasteiger partial charge is 0.126 e. The Balaban J connectivity index is 2.38. The summed E-state index contributed by atoms with van der Waals surface area (Å²) in [4.78, 5) is 2.23. The summed E-state index contributed by atoms with van der Waals surface area (Å²) >= 11 is 0. The van der Waals surface area contributed by atoms with Crippen molar-refractivity contribution in [1.29, 1.82) is 0 Å². The van der Waals surface area contributed by atoms with E-state index in [-0.39, 0.29) is 5.82 Å². The minimum atomic E-state index is -0.105. The van der Waals surface area contributed by atoms with Crippen molar-refractivity contribution < 1.29 is 4.39 Å². The van der Waals surface area contributed by atoms with Crippen LogP contribution in [0.1, 0.15) is 18.9 Å². The zero-order valence-corrected chi connectivity index (χ0v) is 10.8. The molecule has 1 aromatic carbocycles. The molecule has 0 saturated heterocycles. The number of hydrogen-bond acceptors (Lipinski definition) is 2. The fraction of sp³-hybridized carbons (Fsp3) is 0.571. The number of halogens is 1. The van der Waals surface area contributed by atoms with E-state index in [9.17, 15) is 4.39 Å².